The Hall–Kier alpha value is -2.12. The zero-order valence-electron chi connectivity index (χ0n) is 16.5. The van der Waals surface area contributed by atoms with Crippen LogP contribution in [0.3, 0.4) is 0 Å². The highest BCUT2D eigenvalue weighted by atomic mass is 32.1. The minimum Gasteiger partial charge on any atom is -0.497 e. The number of aromatic nitrogens is 1. The topological polar surface area (TPSA) is 61.8 Å². The van der Waals surface area contributed by atoms with Gasteiger partial charge in [0, 0.05) is 18.5 Å². The second kappa shape index (κ2) is 9.54. The third-order valence-corrected chi connectivity index (χ3v) is 5.28. The molecule has 1 atom stereocenters. The fraction of sp³-hybridized carbons (Fsp3) is 0.474. The Bertz CT molecular complexity index is 741. The highest BCUT2D eigenvalue weighted by Crippen LogP contribution is 2.22. The van der Waals surface area contributed by atoms with Gasteiger partial charge in [-0.2, -0.15) is 0 Å². The molecule has 142 valence electrons. The number of aliphatic imine (C=N–C) groups is 1. The smallest absolute Gasteiger partial charge is 0.191 e. The van der Waals surface area contributed by atoms with E-state index in [1.165, 1.54) is 10.4 Å². The van der Waals surface area contributed by atoms with Crippen molar-refractivity contribution >= 4 is 17.3 Å². The summed E-state index contributed by atoms with van der Waals surface area (Å²) >= 11 is 1.72. The van der Waals surface area contributed by atoms with Gasteiger partial charge in [0.05, 0.1) is 30.4 Å². The van der Waals surface area contributed by atoms with Gasteiger partial charge in [-0.05, 0) is 45.6 Å². The van der Waals surface area contributed by atoms with E-state index in [1.54, 1.807) is 25.5 Å². The van der Waals surface area contributed by atoms with E-state index in [-0.39, 0.29) is 6.04 Å². The first-order valence-corrected chi connectivity index (χ1v) is 9.44. The molecule has 2 N–H and O–H groups in total. The molecule has 1 aromatic carbocycles. The normalized spacial score (nSPS) is 13.0. The first kappa shape index (κ1) is 20.2. The van der Waals surface area contributed by atoms with Crippen molar-refractivity contribution in [1.29, 1.82) is 0 Å². The van der Waals surface area contributed by atoms with Crippen molar-refractivity contribution in [3.63, 3.8) is 0 Å². The van der Waals surface area contributed by atoms with Gasteiger partial charge in [0.1, 0.15) is 5.75 Å². The lowest BCUT2D eigenvalue weighted by atomic mass is 10.1. The first-order valence-electron chi connectivity index (χ1n) is 8.62. The summed E-state index contributed by atoms with van der Waals surface area (Å²) in [5.41, 5.74) is 2.28. The summed E-state index contributed by atoms with van der Waals surface area (Å²) in [5.74, 6) is 1.65. The van der Waals surface area contributed by atoms with Crippen LogP contribution in [0.15, 0.2) is 29.3 Å². The minimum atomic E-state index is 0.205. The number of thiazole rings is 1. The fourth-order valence-electron chi connectivity index (χ4n) is 2.76. The number of rotatable bonds is 7. The van der Waals surface area contributed by atoms with E-state index < -0.39 is 0 Å². The molecule has 7 heteroatoms. The minimum absolute atomic E-state index is 0.205. The van der Waals surface area contributed by atoms with Crippen LogP contribution in [0.4, 0.5) is 0 Å². The van der Waals surface area contributed by atoms with Crippen LogP contribution < -0.4 is 15.4 Å². The maximum atomic E-state index is 5.35. The molecule has 26 heavy (non-hydrogen) atoms. The molecule has 2 rings (SSSR count). The standard InChI is InChI=1S/C19H29N5OS/c1-13-18(26-14(2)23-13)12-22-19(20-3)21-11-17(24(4)5)15-8-7-9-16(10-15)25-6/h7-10,17H,11-12H2,1-6H3,(H2,20,21,22). The van der Waals surface area contributed by atoms with E-state index in [9.17, 15) is 0 Å². The third-order valence-electron chi connectivity index (χ3n) is 4.20. The van der Waals surface area contributed by atoms with Crippen molar-refractivity contribution in [3.05, 3.63) is 45.4 Å². The second-order valence-electron chi connectivity index (χ2n) is 6.30. The van der Waals surface area contributed by atoms with E-state index in [4.69, 9.17) is 4.74 Å². The number of aryl methyl sites for hydroxylation is 2. The zero-order valence-corrected chi connectivity index (χ0v) is 17.3. The highest BCUT2D eigenvalue weighted by Gasteiger charge is 2.15. The predicted molar refractivity (Wildman–Crippen MR) is 109 cm³/mol. The van der Waals surface area contributed by atoms with Crippen LogP contribution in [0.1, 0.15) is 27.2 Å². The molecular weight excluding hydrogens is 346 g/mol. The summed E-state index contributed by atoms with van der Waals surface area (Å²) in [6.07, 6.45) is 0. The Kier molecular flexibility index (Phi) is 7.41. The van der Waals surface area contributed by atoms with Crippen molar-refractivity contribution in [2.24, 2.45) is 4.99 Å². The maximum Gasteiger partial charge on any atom is 0.191 e. The molecule has 0 amide bonds. The number of nitrogens with zero attached hydrogens (tertiary/aromatic N) is 3. The number of guanidine groups is 1. The number of nitrogens with one attached hydrogen (secondary N) is 2. The SMILES string of the molecule is CN=C(NCc1sc(C)nc1C)NCC(c1cccc(OC)c1)N(C)C. The van der Waals surface area contributed by atoms with Crippen LogP contribution in [0.5, 0.6) is 5.75 Å². The zero-order chi connectivity index (χ0) is 19.1. The van der Waals surface area contributed by atoms with Crippen LogP contribution in [-0.2, 0) is 6.54 Å². The van der Waals surface area contributed by atoms with E-state index >= 15 is 0 Å². The van der Waals surface area contributed by atoms with Crippen LogP contribution in [0.25, 0.3) is 0 Å². The van der Waals surface area contributed by atoms with Crippen LogP contribution in [0, 0.1) is 13.8 Å². The highest BCUT2D eigenvalue weighted by molar-refractivity contribution is 7.11. The van der Waals surface area contributed by atoms with Gasteiger partial charge >= 0.3 is 0 Å². The fourth-order valence-corrected chi connectivity index (χ4v) is 3.64. The molecule has 0 radical (unpaired) electrons. The van der Waals surface area contributed by atoms with Crippen molar-refractivity contribution in [2.75, 3.05) is 34.8 Å². The van der Waals surface area contributed by atoms with E-state index in [0.717, 1.165) is 35.5 Å². The molecule has 0 saturated heterocycles. The van der Waals surface area contributed by atoms with Gasteiger partial charge < -0.3 is 20.3 Å². The number of likely N-dealkylation sites (N-methyl/N-ethyl adjacent to an activating group) is 1. The Balaban J connectivity index is 1.98. The van der Waals surface area contributed by atoms with Gasteiger partial charge in [-0.1, -0.05) is 12.1 Å². The van der Waals surface area contributed by atoms with Crippen molar-refractivity contribution in [2.45, 2.75) is 26.4 Å². The molecule has 0 aliphatic heterocycles. The summed E-state index contributed by atoms with van der Waals surface area (Å²) in [6.45, 7) is 5.54. The van der Waals surface area contributed by atoms with Gasteiger partial charge in [-0.3, -0.25) is 4.99 Å². The lowest BCUT2D eigenvalue weighted by Crippen LogP contribution is -2.41. The largest absolute Gasteiger partial charge is 0.497 e. The molecule has 0 aliphatic rings. The number of hydrogen-bond acceptors (Lipinski definition) is 5. The summed E-state index contributed by atoms with van der Waals surface area (Å²) in [4.78, 5) is 12.2. The molecule has 6 nitrogen and oxygen atoms in total. The Morgan fingerprint density at radius 3 is 2.65 bits per heavy atom. The first-order chi connectivity index (χ1) is 12.4. The quantitative estimate of drug-likeness (QED) is 0.576. The van der Waals surface area contributed by atoms with E-state index in [1.807, 2.05) is 26.0 Å². The van der Waals surface area contributed by atoms with Crippen molar-refractivity contribution in [3.8, 4) is 5.75 Å². The lowest BCUT2D eigenvalue weighted by molar-refractivity contribution is 0.297. The number of hydrogen-bond donors (Lipinski definition) is 2. The van der Waals surface area contributed by atoms with Gasteiger partial charge in [0.25, 0.3) is 0 Å². The van der Waals surface area contributed by atoms with Gasteiger partial charge in [0.15, 0.2) is 5.96 Å². The summed E-state index contributed by atoms with van der Waals surface area (Å²) < 4.78 is 5.35. The molecule has 0 fully saturated rings. The van der Waals surface area contributed by atoms with Crippen LogP contribution in [0.2, 0.25) is 0 Å². The number of ether oxygens (including phenoxy) is 1. The molecule has 0 saturated carbocycles. The average Bonchev–Trinajstić information content (AvgIpc) is 2.95. The molecule has 1 unspecified atom stereocenters. The predicted octanol–water partition coefficient (Wildman–Crippen LogP) is 2.74. The molecular formula is C19H29N5OS. The van der Waals surface area contributed by atoms with E-state index in [0.29, 0.717) is 0 Å². The maximum absolute atomic E-state index is 5.35. The summed E-state index contributed by atoms with van der Waals surface area (Å²) in [7, 11) is 7.63. The molecule has 0 aliphatic carbocycles. The van der Waals surface area contributed by atoms with Gasteiger partial charge in [-0.25, -0.2) is 4.98 Å². The van der Waals surface area contributed by atoms with Gasteiger partial charge in [0.2, 0.25) is 0 Å². The Morgan fingerprint density at radius 2 is 2.08 bits per heavy atom. The number of benzene rings is 1. The van der Waals surface area contributed by atoms with E-state index in [2.05, 4.69) is 51.7 Å². The van der Waals surface area contributed by atoms with Crippen LogP contribution in [-0.4, -0.2) is 50.6 Å². The molecule has 1 heterocycles. The molecule has 0 spiro atoms. The lowest BCUT2D eigenvalue weighted by Gasteiger charge is -2.26. The average molecular weight is 376 g/mol. The molecule has 2 aromatic rings. The van der Waals surface area contributed by atoms with Crippen LogP contribution >= 0.6 is 11.3 Å². The Morgan fingerprint density at radius 1 is 1.31 bits per heavy atom. The molecule has 1 aromatic heterocycles. The molecule has 0 bridgehead atoms. The third kappa shape index (κ3) is 5.44. The van der Waals surface area contributed by atoms with Gasteiger partial charge in [-0.15, -0.1) is 11.3 Å². The van der Waals surface area contributed by atoms with Crippen molar-refractivity contribution < 1.29 is 4.74 Å². The number of methoxy groups -OCH3 is 1. The Labute approximate surface area is 160 Å². The second-order valence-corrected chi connectivity index (χ2v) is 7.59. The summed E-state index contributed by atoms with van der Waals surface area (Å²) in [5, 5.41) is 7.89. The van der Waals surface area contributed by atoms with Crippen molar-refractivity contribution in [1.82, 2.24) is 20.5 Å². The monoisotopic (exact) mass is 375 g/mol. The summed E-state index contributed by atoms with van der Waals surface area (Å²) in [6, 6.07) is 8.38.